The highest BCUT2D eigenvalue weighted by Gasteiger charge is 2.09. The van der Waals surface area contributed by atoms with Gasteiger partial charge < -0.3 is 4.74 Å². The number of ether oxygens (including phenoxy) is 1. The van der Waals surface area contributed by atoms with E-state index < -0.39 is 5.82 Å². The largest absolute Gasteiger partial charge is 0.497 e. The number of hydrazone groups is 1. The lowest BCUT2D eigenvalue weighted by molar-refractivity contribution is -0.118. The van der Waals surface area contributed by atoms with Crippen molar-refractivity contribution in [1.82, 2.24) is 10.4 Å². The van der Waals surface area contributed by atoms with E-state index in [0.29, 0.717) is 5.56 Å². The number of pyridine rings is 1. The number of benzene rings is 2. The van der Waals surface area contributed by atoms with Gasteiger partial charge in [-0.05, 0) is 37.3 Å². The third kappa shape index (κ3) is 4.83. The Kier molecular flexibility index (Phi) is 6.03. The maximum atomic E-state index is 13.5. The molecule has 138 valence electrons. The number of fused-ring (bicyclic) bond motifs is 1. The summed E-state index contributed by atoms with van der Waals surface area (Å²) in [6, 6.07) is 13.8. The second-order valence-electron chi connectivity index (χ2n) is 5.75. The van der Waals surface area contributed by atoms with Crippen LogP contribution in [0.25, 0.3) is 10.9 Å². The van der Waals surface area contributed by atoms with Crippen LogP contribution in [0, 0.1) is 12.7 Å². The number of nitrogens with one attached hydrogen (secondary N) is 1. The third-order valence-electron chi connectivity index (χ3n) is 3.76. The topological polar surface area (TPSA) is 63.6 Å². The normalized spacial score (nSPS) is 11.1. The molecule has 7 heteroatoms. The molecule has 1 N–H and O–H groups in total. The molecule has 0 radical (unpaired) electrons. The standard InChI is InChI=1S/C20H18FN3O2S/c1-13-9-19(16-10-15(26-2)7-8-18(16)23-13)27-12-20(25)24-22-11-14-5-3-4-6-17(14)21/h3-11H,12H2,1-2H3,(H,24,25)/b22-11+. The van der Waals surface area contributed by atoms with Gasteiger partial charge in [0.25, 0.3) is 0 Å². The van der Waals surface area contributed by atoms with Gasteiger partial charge in [-0.25, -0.2) is 9.82 Å². The average Bonchev–Trinajstić information content (AvgIpc) is 2.67. The molecule has 0 saturated carbocycles. The molecule has 0 atom stereocenters. The minimum Gasteiger partial charge on any atom is -0.497 e. The fraction of sp³-hybridized carbons (Fsp3) is 0.150. The number of thioether (sulfide) groups is 1. The zero-order valence-electron chi connectivity index (χ0n) is 14.9. The van der Waals surface area contributed by atoms with Gasteiger partial charge >= 0.3 is 0 Å². The summed E-state index contributed by atoms with van der Waals surface area (Å²) in [5.74, 6) is 0.231. The minimum atomic E-state index is -0.391. The van der Waals surface area contributed by atoms with Crippen molar-refractivity contribution in [3.8, 4) is 5.75 Å². The molecule has 1 amide bonds. The Labute approximate surface area is 160 Å². The van der Waals surface area contributed by atoms with Gasteiger partial charge in [-0.1, -0.05) is 18.2 Å². The summed E-state index contributed by atoms with van der Waals surface area (Å²) in [6.45, 7) is 1.91. The smallest absolute Gasteiger partial charge is 0.250 e. The van der Waals surface area contributed by atoms with E-state index in [4.69, 9.17) is 4.74 Å². The highest BCUT2D eigenvalue weighted by atomic mass is 32.2. The number of rotatable bonds is 6. The summed E-state index contributed by atoms with van der Waals surface area (Å²) in [4.78, 5) is 17.5. The van der Waals surface area contributed by atoms with Crippen LogP contribution in [-0.2, 0) is 4.79 Å². The Morgan fingerprint density at radius 1 is 1.30 bits per heavy atom. The van der Waals surface area contributed by atoms with Gasteiger partial charge in [-0.2, -0.15) is 5.10 Å². The molecule has 2 aromatic carbocycles. The van der Waals surface area contributed by atoms with Crippen LogP contribution < -0.4 is 10.2 Å². The summed E-state index contributed by atoms with van der Waals surface area (Å²) < 4.78 is 18.8. The average molecular weight is 383 g/mol. The number of aryl methyl sites for hydroxylation is 1. The lowest BCUT2D eigenvalue weighted by Crippen LogP contribution is -2.19. The molecule has 0 spiro atoms. The number of carbonyl (C=O) groups excluding carboxylic acids is 1. The first-order valence-corrected chi connectivity index (χ1v) is 9.20. The monoisotopic (exact) mass is 383 g/mol. The first kappa shape index (κ1) is 18.8. The number of halogens is 1. The second-order valence-corrected chi connectivity index (χ2v) is 6.77. The van der Waals surface area contributed by atoms with Crippen molar-refractivity contribution in [3.05, 3.63) is 65.6 Å². The SMILES string of the molecule is COc1ccc2nc(C)cc(SCC(=O)N/N=C/c3ccccc3F)c2c1. The molecule has 3 rings (SSSR count). The molecule has 1 aromatic heterocycles. The van der Waals surface area contributed by atoms with Crippen LogP contribution in [0.2, 0.25) is 0 Å². The summed E-state index contributed by atoms with van der Waals surface area (Å²) >= 11 is 1.39. The molecular weight excluding hydrogens is 365 g/mol. The summed E-state index contributed by atoms with van der Waals surface area (Å²) in [5.41, 5.74) is 4.44. The van der Waals surface area contributed by atoms with Crippen LogP contribution in [0.5, 0.6) is 5.75 Å². The van der Waals surface area contributed by atoms with E-state index in [9.17, 15) is 9.18 Å². The number of hydrogen-bond acceptors (Lipinski definition) is 5. The van der Waals surface area contributed by atoms with E-state index >= 15 is 0 Å². The molecule has 1 heterocycles. The fourth-order valence-electron chi connectivity index (χ4n) is 2.48. The molecule has 0 fully saturated rings. The molecule has 0 aliphatic carbocycles. The van der Waals surface area contributed by atoms with Gasteiger partial charge in [0.15, 0.2) is 0 Å². The molecule has 0 aliphatic heterocycles. The van der Waals surface area contributed by atoms with Crippen molar-refractivity contribution in [2.75, 3.05) is 12.9 Å². The number of carbonyl (C=O) groups is 1. The van der Waals surface area contributed by atoms with Crippen molar-refractivity contribution in [1.29, 1.82) is 0 Å². The molecule has 5 nitrogen and oxygen atoms in total. The zero-order valence-corrected chi connectivity index (χ0v) is 15.7. The fourth-order valence-corrected chi connectivity index (χ4v) is 3.40. The Hall–Kier alpha value is -2.93. The Morgan fingerprint density at radius 3 is 2.89 bits per heavy atom. The van der Waals surface area contributed by atoms with E-state index in [1.807, 2.05) is 31.2 Å². The number of aromatic nitrogens is 1. The van der Waals surface area contributed by atoms with E-state index in [1.165, 1.54) is 24.0 Å². The van der Waals surface area contributed by atoms with Gasteiger partial charge in [-0.15, -0.1) is 11.8 Å². The van der Waals surface area contributed by atoms with Crippen LogP contribution in [0.4, 0.5) is 4.39 Å². The van der Waals surface area contributed by atoms with Gasteiger partial charge in [0, 0.05) is 21.5 Å². The minimum absolute atomic E-state index is 0.171. The highest BCUT2D eigenvalue weighted by molar-refractivity contribution is 8.00. The number of nitrogens with zero attached hydrogens (tertiary/aromatic N) is 2. The first-order valence-electron chi connectivity index (χ1n) is 8.21. The number of amides is 1. The van der Waals surface area contributed by atoms with Crippen molar-refractivity contribution in [2.45, 2.75) is 11.8 Å². The van der Waals surface area contributed by atoms with E-state index in [-0.39, 0.29) is 11.7 Å². The first-order chi connectivity index (χ1) is 13.1. The molecule has 0 unspecified atom stereocenters. The third-order valence-corrected chi connectivity index (χ3v) is 4.82. The molecular formula is C20H18FN3O2S. The molecule has 0 aliphatic rings. The predicted molar refractivity (Wildman–Crippen MR) is 106 cm³/mol. The van der Waals surface area contributed by atoms with E-state index in [0.717, 1.165) is 27.2 Å². The second kappa shape index (κ2) is 8.64. The van der Waals surface area contributed by atoms with Crippen molar-refractivity contribution < 1.29 is 13.9 Å². The van der Waals surface area contributed by atoms with Crippen LogP contribution in [-0.4, -0.2) is 30.0 Å². The summed E-state index contributed by atoms with van der Waals surface area (Å²) in [7, 11) is 1.61. The Bertz CT molecular complexity index is 1010. The highest BCUT2D eigenvalue weighted by Crippen LogP contribution is 2.30. The molecule has 0 saturated heterocycles. The van der Waals surface area contributed by atoms with Gasteiger partial charge in [0.2, 0.25) is 5.91 Å². The molecule has 3 aromatic rings. The van der Waals surface area contributed by atoms with Crippen LogP contribution >= 0.6 is 11.8 Å². The van der Waals surface area contributed by atoms with Crippen LogP contribution in [0.15, 0.2) is 58.5 Å². The Morgan fingerprint density at radius 2 is 2.11 bits per heavy atom. The maximum absolute atomic E-state index is 13.5. The van der Waals surface area contributed by atoms with Gasteiger partial charge in [0.05, 0.1) is 24.6 Å². The van der Waals surface area contributed by atoms with Crippen molar-refractivity contribution in [2.24, 2.45) is 5.10 Å². The number of hydrogen-bond donors (Lipinski definition) is 1. The lowest BCUT2D eigenvalue weighted by atomic mass is 10.2. The van der Waals surface area contributed by atoms with E-state index in [2.05, 4.69) is 15.5 Å². The summed E-state index contributed by atoms with van der Waals surface area (Å²) in [6.07, 6.45) is 1.29. The van der Waals surface area contributed by atoms with Crippen LogP contribution in [0.3, 0.4) is 0 Å². The maximum Gasteiger partial charge on any atom is 0.250 e. The van der Waals surface area contributed by atoms with Gasteiger partial charge in [0.1, 0.15) is 11.6 Å². The zero-order chi connectivity index (χ0) is 19.2. The van der Waals surface area contributed by atoms with Crippen molar-refractivity contribution >= 4 is 34.8 Å². The van der Waals surface area contributed by atoms with Crippen molar-refractivity contribution in [3.63, 3.8) is 0 Å². The van der Waals surface area contributed by atoms with Crippen LogP contribution in [0.1, 0.15) is 11.3 Å². The quantitative estimate of drug-likeness (QED) is 0.398. The van der Waals surface area contributed by atoms with Gasteiger partial charge in [-0.3, -0.25) is 9.78 Å². The lowest BCUT2D eigenvalue weighted by Gasteiger charge is -2.09. The number of methoxy groups -OCH3 is 1. The molecule has 0 bridgehead atoms. The summed E-state index contributed by atoms with van der Waals surface area (Å²) in [5, 5.41) is 4.74. The Balaban J connectivity index is 1.67. The van der Waals surface area contributed by atoms with E-state index in [1.54, 1.807) is 25.3 Å². The molecule has 27 heavy (non-hydrogen) atoms. The predicted octanol–water partition coefficient (Wildman–Crippen LogP) is 3.93.